The van der Waals surface area contributed by atoms with E-state index in [0.717, 1.165) is 38.5 Å². The summed E-state index contributed by atoms with van der Waals surface area (Å²) in [6.07, 6.45) is 38.1. The molecule has 6 heteroatoms. The number of rotatable bonds is 37. The van der Waals surface area contributed by atoms with Crippen molar-refractivity contribution in [3.05, 3.63) is 12.2 Å². The number of aliphatic hydroxyl groups is 4. The van der Waals surface area contributed by atoms with Crippen molar-refractivity contribution in [3.8, 4) is 0 Å². The summed E-state index contributed by atoms with van der Waals surface area (Å²) in [5, 5.41) is 43.5. The fourth-order valence-electron chi connectivity index (χ4n) is 6.40. The average molecular weight is 668 g/mol. The Balaban J connectivity index is 3.75. The van der Waals surface area contributed by atoms with Crippen molar-refractivity contribution in [2.24, 2.45) is 0 Å². The van der Waals surface area contributed by atoms with Gasteiger partial charge in [0.05, 0.1) is 18.8 Å². The second-order valence-corrected chi connectivity index (χ2v) is 14.3. The molecule has 0 aliphatic rings. The van der Waals surface area contributed by atoms with Crippen molar-refractivity contribution in [2.45, 2.75) is 237 Å². The Morgan fingerprint density at radius 1 is 0.511 bits per heavy atom. The zero-order valence-corrected chi connectivity index (χ0v) is 31.3. The number of carbonyl (C=O) groups excluding carboxylic acids is 1. The molecule has 0 bridgehead atoms. The molecule has 0 unspecified atom stereocenters. The lowest BCUT2D eigenvalue weighted by Crippen LogP contribution is -2.53. The summed E-state index contributed by atoms with van der Waals surface area (Å²) >= 11 is 0. The minimum atomic E-state index is -1.28. The molecular formula is C41H81NO5. The molecule has 0 aromatic rings. The molecule has 0 spiro atoms. The topological polar surface area (TPSA) is 110 Å². The van der Waals surface area contributed by atoms with Crippen LogP contribution in [-0.2, 0) is 4.79 Å². The van der Waals surface area contributed by atoms with Crippen molar-refractivity contribution < 1.29 is 25.2 Å². The van der Waals surface area contributed by atoms with Gasteiger partial charge in [-0.05, 0) is 38.5 Å². The first-order valence-electron chi connectivity index (χ1n) is 20.6. The minimum absolute atomic E-state index is 0.368. The van der Waals surface area contributed by atoms with Gasteiger partial charge in [0.15, 0.2) is 0 Å². The van der Waals surface area contributed by atoms with Crippen LogP contribution in [0.3, 0.4) is 0 Å². The number of unbranched alkanes of at least 4 members (excludes halogenated alkanes) is 26. The SMILES string of the molecule is CCCCCCCCC/C=C/CCC[C@@H](O)[C@@H](O)[C@@H](CO)NC(=O)[C@H](O)CCCCCCCCCCCCCCCCCCCCC. The maximum atomic E-state index is 12.5. The van der Waals surface area contributed by atoms with E-state index >= 15 is 0 Å². The third kappa shape index (κ3) is 30.8. The van der Waals surface area contributed by atoms with E-state index in [1.807, 2.05) is 0 Å². The molecule has 0 heterocycles. The zero-order chi connectivity index (χ0) is 34.6. The number of carbonyl (C=O) groups is 1. The molecule has 47 heavy (non-hydrogen) atoms. The van der Waals surface area contributed by atoms with Gasteiger partial charge in [0, 0.05) is 0 Å². The second-order valence-electron chi connectivity index (χ2n) is 14.3. The van der Waals surface area contributed by atoms with Gasteiger partial charge in [-0.2, -0.15) is 0 Å². The number of allylic oxidation sites excluding steroid dienone is 2. The quantitative estimate of drug-likeness (QED) is 0.0335. The van der Waals surface area contributed by atoms with Crippen LogP contribution in [0.4, 0.5) is 0 Å². The van der Waals surface area contributed by atoms with E-state index in [-0.39, 0.29) is 0 Å². The van der Waals surface area contributed by atoms with Gasteiger partial charge in [-0.15, -0.1) is 0 Å². The van der Waals surface area contributed by atoms with Crippen molar-refractivity contribution in [2.75, 3.05) is 6.61 Å². The molecule has 280 valence electrons. The first-order chi connectivity index (χ1) is 23.0. The van der Waals surface area contributed by atoms with E-state index in [2.05, 4.69) is 31.3 Å². The molecular weight excluding hydrogens is 586 g/mol. The standard InChI is InChI=1S/C41H81NO5/c1-3-5-7-9-11-13-15-17-18-19-20-21-22-23-25-27-29-31-33-35-39(45)41(47)42-37(36-43)40(46)38(44)34-32-30-28-26-24-16-14-12-10-8-6-4-2/h26,28,37-40,43-46H,3-25,27,29-36H2,1-2H3,(H,42,47)/b28-26+/t37-,38-,39-,40+/m1/s1. The number of hydrogen-bond acceptors (Lipinski definition) is 5. The highest BCUT2D eigenvalue weighted by Gasteiger charge is 2.28. The van der Waals surface area contributed by atoms with E-state index in [4.69, 9.17) is 0 Å². The van der Waals surface area contributed by atoms with Crippen LogP contribution in [-0.4, -0.2) is 57.3 Å². The van der Waals surface area contributed by atoms with Gasteiger partial charge in [-0.3, -0.25) is 4.79 Å². The molecule has 0 fully saturated rings. The van der Waals surface area contributed by atoms with Crippen molar-refractivity contribution >= 4 is 5.91 Å². The monoisotopic (exact) mass is 668 g/mol. The van der Waals surface area contributed by atoms with Crippen LogP contribution in [0, 0.1) is 0 Å². The molecule has 0 aromatic carbocycles. The molecule has 4 atom stereocenters. The molecule has 0 aliphatic heterocycles. The van der Waals surface area contributed by atoms with Gasteiger partial charge in [0.1, 0.15) is 12.2 Å². The summed E-state index contributed by atoms with van der Waals surface area (Å²) in [7, 11) is 0. The zero-order valence-electron chi connectivity index (χ0n) is 31.3. The largest absolute Gasteiger partial charge is 0.394 e. The van der Waals surface area contributed by atoms with E-state index in [1.54, 1.807) is 0 Å². The Labute approximate surface area is 292 Å². The summed E-state index contributed by atoms with van der Waals surface area (Å²) in [4.78, 5) is 12.5. The second kappa shape index (κ2) is 36.3. The lowest BCUT2D eigenvalue weighted by atomic mass is 10.00. The Morgan fingerprint density at radius 3 is 1.28 bits per heavy atom. The van der Waals surface area contributed by atoms with Crippen LogP contribution in [0.1, 0.15) is 213 Å². The number of aliphatic hydroxyl groups excluding tert-OH is 4. The lowest BCUT2D eigenvalue weighted by molar-refractivity contribution is -0.132. The summed E-state index contributed by atoms with van der Waals surface area (Å²) in [6.45, 7) is 4.02. The van der Waals surface area contributed by atoms with Crippen LogP contribution < -0.4 is 5.32 Å². The third-order valence-electron chi connectivity index (χ3n) is 9.73. The minimum Gasteiger partial charge on any atom is -0.394 e. The molecule has 0 aromatic heterocycles. The average Bonchev–Trinajstić information content (AvgIpc) is 3.07. The highest BCUT2D eigenvalue weighted by Crippen LogP contribution is 2.16. The predicted octanol–water partition coefficient (Wildman–Crippen LogP) is 10.2. The summed E-state index contributed by atoms with van der Waals surface area (Å²) < 4.78 is 0. The molecule has 0 saturated carbocycles. The van der Waals surface area contributed by atoms with Gasteiger partial charge in [-0.1, -0.05) is 187 Å². The van der Waals surface area contributed by atoms with Crippen molar-refractivity contribution in [1.82, 2.24) is 5.32 Å². The molecule has 6 nitrogen and oxygen atoms in total. The van der Waals surface area contributed by atoms with Gasteiger partial charge >= 0.3 is 0 Å². The highest BCUT2D eigenvalue weighted by atomic mass is 16.3. The van der Waals surface area contributed by atoms with Gasteiger partial charge in [0.2, 0.25) is 5.91 Å². The first kappa shape index (κ1) is 46.0. The van der Waals surface area contributed by atoms with E-state index < -0.39 is 36.9 Å². The molecule has 5 N–H and O–H groups in total. The van der Waals surface area contributed by atoms with Crippen molar-refractivity contribution in [3.63, 3.8) is 0 Å². The molecule has 0 radical (unpaired) electrons. The third-order valence-corrected chi connectivity index (χ3v) is 9.73. The Morgan fingerprint density at radius 2 is 0.872 bits per heavy atom. The predicted molar refractivity (Wildman–Crippen MR) is 201 cm³/mol. The Kier molecular flexibility index (Phi) is 35.6. The van der Waals surface area contributed by atoms with Gasteiger partial charge in [-0.25, -0.2) is 0 Å². The first-order valence-corrected chi connectivity index (χ1v) is 20.6. The number of nitrogens with one attached hydrogen (secondary N) is 1. The van der Waals surface area contributed by atoms with Crippen LogP contribution in [0.15, 0.2) is 12.2 Å². The van der Waals surface area contributed by atoms with Gasteiger partial charge in [0.25, 0.3) is 0 Å². The summed E-state index contributed by atoms with van der Waals surface area (Å²) in [5.74, 6) is -0.592. The summed E-state index contributed by atoms with van der Waals surface area (Å²) in [5.41, 5.74) is 0. The molecule has 0 aliphatic carbocycles. The van der Waals surface area contributed by atoms with Gasteiger partial charge < -0.3 is 25.7 Å². The lowest BCUT2D eigenvalue weighted by Gasteiger charge is -2.27. The fourth-order valence-corrected chi connectivity index (χ4v) is 6.40. The van der Waals surface area contributed by atoms with Crippen molar-refractivity contribution in [1.29, 1.82) is 0 Å². The Hall–Kier alpha value is -0.950. The number of hydrogen-bond donors (Lipinski definition) is 5. The Bertz CT molecular complexity index is 672. The van der Waals surface area contributed by atoms with E-state index in [0.29, 0.717) is 12.8 Å². The maximum absolute atomic E-state index is 12.5. The van der Waals surface area contributed by atoms with E-state index in [1.165, 1.54) is 148 Å². The van der Waals surface area contributed by atoms with Crippen LogP contribution in [0.2, 0.25) is 0 Å². The fraction of sp³-hybridized carbons (Fsp3) is 0.927. The molecule has 1 amide bonds. The maximum Gasteiger partial charge on any atom is 0.249 e. The van der Waals surface area contributed by atoms with Crippen LogP contribution in [0.5, 0.6) is 0 Å². The summed E-state index contributed by atoms with van der Waals surface area (Å²) in [6, 6.07) is -0.995. The van der Waals surface area contributed by atoms with E-state index in [9.17, 15) is 25.2 Å². The molecule has 0 saturated heterocycles. The number of amides is 1. The van der Waals surface area contributed by atoms with Crippen LogP contribution in [0.25, 0.3) is 0 Å². The normalized spacial score (nSPS) is 14.4. The smallest absolute Gasteiger partial charge is 0.249 e. The highest BCUT2D eigenvalue weighted by molar-refractivity contribution is 5.80. The van der Waals surface area contributed by atoms with Crippen LogP contribution >= 0.6 is 0 Å². The molecule has 0 rings (SSSR count).